The van der Waals surface area contributed by atoms with Crippen LogP contribution in [0.1, 0.15) is 0 Å². The van der Waals surface area contributed by atoms with Gasteiger partial charge in [-0.1, -0.05) is 5.01 Å². The number of nitrogens with zero attached hydrogens (tertiary/aromatic N) is 3. The summed E-state index contributed by atoms with van der Waals surface area (Å²) >= 11 is 0. The van der Waals surface area contributed by atoms with Gasteiger partial charge in [0.05, 0.1) is 0 Å². The molecule has 4 nitrogen and oxygen atoms in total. The Hall–Kier alpha value is -0.130. The molecule has 1 aliphatic heterocycles. The number of nitrogens with two attached hydrogens (primary N) is 1. The average Bonchev–Trinajstić information content (AvgIpc) is 1.87. The molecule has 0 unspecified atom stereocenters. The molecule has 0 aromatic rings. The van der Waals surface area contributed by atoms with E-state index in [9.17, 15) is 0 Å². The summed E-state index contributed by atoms with van der Waals surface area (Å²) in [4.78, 5) is 0. The molecule has 0 amide bonds. The number of rotatable bonds is 0. The van der Waals surface area contributed by atoms with Gasteiger partial charge in [-0.15, -0.1) is 0 Å². The Labute approximate surface area is 65.3 Å². The van der Waals surface area contributed by atoms with Gasteiger partial charge in [-0.2, -0.15) is 0 Å². The van der Waals surface area contributed by atoms with Crippen LogP contribution in [0.25, 0.3) is 0 Å². The molecule has 0 atom stereocenters. The SMILES string of the molecule is CN1CN(N)[C+]=N1.[I-]. The zero-order chi connectivity index (χ0) is 5.28. The summed E-state index contributed by atoms with van der Waals surface area (Å²) in [6.45, 7) is 0.639. The fraction of sp³-hybridized carbons (Fsp3) is 0.667. The van der Waals surface area contributed by atoms with E-state index in [-0.39, 0.29) is 24.0 Å². The lowest BCUT2D eigenvalue weighted by Crippen LogP contribution is -3.00. The molecular formula is C3H7IN4. The number of hydrogen-bond acceptors (Lipinski definition) is 4. The van der Waals surface area contributed by atoms with Crippen LogP contribution in [-0.2, 0) is 0 Å². The van der Waals surface area contributed by atoms with E-state index in [1.807, 2.05) is 7.05 Å². The molecule has 2 N–H and O–H groups in total. The van der Waals surface area contributed by atoms with Crippen molar-refractivity contribution in [3.05, 3.63) is 0 Å². The van der Waals surface area contributed by atoms with Crippen LogP contribution in [-0.4, -0.2) is 30.1 Å². The van der Waals surface area contributed by atoms with E-state index >= 15 is 0 Å². The second-order valence-corrected chi connectivity index (χ2v) is 1.47. The Kier molecular flexibility index (Phi) is 2.96. The van der Waals surface area contributed by atoms with E-state index in [0.29, 0.717) is 6.67 Å². The highest BCUT2D eigenvalue weighted by molar-refractivity contribution is 5.54. The third kappa shape index (κ3) is 1.77. The fourth-order valence-corrected chi connectivity index (χ4v) is 0.418. The largest absolute Gasteiger partial charge is 1.00 e. The first-order valence-electron chi connectivity index (χ1n) is 1.99. The third-order valence-electron chi connectivity index (χ3n) is 0.701. The zero-order valence-electron chi connectivity index (χ0n) is 4.50. The molecule has 8 heavy (non-hydrogen) atoms. The monoisotopic (exact) mass is 226 g/mol. The fourth-order valence-electron chi connectivity index (χ4n) is 0.418. The predicted octanol–water partition coefficient (Wildman–Crippen LogP) is -4.11. The Balaban J connectivity index is 0.000000490. The molecule has 1 heterocycles. The minimum atomic E-state index is 0. The van der Waals surface area contributed by atoms with Gasteiger partial charge in [-0.3, -0.25) is 0 Å². The number of hydrazine groups is 1. The van der Waals surface area contributed by atoms with Crippen molar-refractivity contribution in [2.45, 2.75) is 0 Å². The summed E-state index contributed by atoms with van der Waals surface area (Å²) < 4.78 is 0. The zero-order valence-corrected chi connectivity index (χ0v) is 6.66. The second kappa shape index (κ2) is 3.01. The van der Waals surface area contributed by atoms with Crippen LogP contribution in [0.4, 0.5) is 0 Å². The molecule has 0 saturated heterocycles. The van der Waals surface area contributed by atoms with Gasteiger partial charge in [0, 0.05) is 7.05 Å². The maximum atomic E-state index is 5.21. The van der Waals surface area contributed by atoms with Crippen LogP contribution < -0.4 is 29.8 Å². The molecule has 0 aromatic carbocycles. The van der Waals surface area contributed by atoms with Crippen LogP contribution in [0.2, 0.25) is 0 Å². The van der Waals surface area contributed by atoms with Gasteiger partial charge >= 0.3 is 6.34 Å². The highest BCUT2D eigenvalue weighted by atomic mass is 127. The number of halogens is 1. The van der Waals surface area contributed by atoms with E-state index in [2.05, 4.69) is 11.4 Å². The Morgan fingerprint density at radius 2 is 2.38 bits per heavy atom. The van der Waals surface area contributed by atoms with Gasteiger partial charge in [0.25, 0.3) is 0 Å². The van der Waals surface area contributed by atoms with Crippen molar-refractivity contribution in [2.75, 3.05) is 13.7 Å². The number of hydrazone groups is 1. The summed E-state index contributed by atoms with van der Waals surface area (Å²) in [6.07, 6.45) is 2.53. The molecule has 0 aromatic heterocycles. The van der Waals surface area contributed by atoms with Gasteiger partial charge in [-0.05, 0) is 0 Å². The highest BCUT2D eigenvalue weighted by Crippen LogP contribution is 1.89. The maximum Gasteiger partial charge on any atom is 0.561 e. The third-order valence-corrected chi connectivity index (χ3v) is 0.701. The van der Waals surface area contributed by atoms with Crippen molar-refractivity contribution in [3.63, 3.8) is 0 Å². The van der Waals surface area contributed by atoms with Gasteiger partial charge in [-0.25, -0.2) is 10.9 Å². The highest BCUT2D eigenvalue weighted by Gasteiger charge is 2.19. The van der Waals surface area contributed by atoms with Crippen molar-refractivity contribution < 1.29 is 24.0 Å². The molecule has 0 bridgehead atoms. The van der Waals surface area contributed by atoms with Crippen molar-refractivity contribution >= 4 is 6.34 Å². The molecule has 1 aliphatic rings. The lowest BCUT2D eigenvalue weighted by molar-refractivity contribution is -0.00000170. The molecule has 0 saturated carbocycles. The van der Waals surface area contributed by atoms with E-state index in [0.717, 1.165) is 0 Å². The van der Waals surface area contributed by atoms with Gasteiger partial charge in [0.1, 0.15) is 5.10 Å². The maximum absolute atomic E-state index is 5.21. The quantitative estimate of drug-likeness (QED) is 0.259. The number of hydrogen-bond donors (Lipinski definition) is 1. The lowest BCUT2D eigenvalue weighted by atomic mass is 11.0. The van der Waals surface area contributed by atoms with E-state index in [4.69, 9.17) is 5.84 Å². The first-order chi connectivity index (χ1) is 3.29. The minimum absolute atomic E-state index is 0. The molecule has 0 radical (unpaired) electrons. The Bertz CT molecular complexity index is 83.3. The molecular weight excluding hydrogens is 219 g/mol. The van der Waals surface area contributed by atoms with Gasteiger partial charge < -0.3 is 24.0 Å². The van der Waals surface area contributed by atoms with Crippen molar-refractivity contribution in [2.24, 2.45) is 10.9 Å². The Morgan fingerprint density at radius 1 is 1.75 bits per heavy atom. The topological polar surface area (TPSA) is 44.9 Å². The van der Waals surface area contributed by atoms with Gasteiger partial charge in [0.15, 0.2) is 6.67 Å². The van der Waals surface area contributed by atoms with Crippen molar-refractivity contribution in [1.82, 2.24) is 10.0 Å². The summed E-state index contributed by atoms with van der Waals surface area (Å²) in [7, 11) is 1.83. The molecule has 0 fully saturated rings. The van der Waals surface area contributed by atoms with Crippen LogP contribution in [0.3, 0.4) is 0 Å². The standard InChI is InChI=1S/C3H7N4.HI/c1-6-3-7(4)2-5-6;/h3-4H2,1H3;1H/q+1;/p-1. The summed E-state index contributed by atoms with van der Waals surface area (Å²) in [5.74, 6) is 5.21. The van der Waals surface area contributed by atoms with E-state index < -0.39 is 0 Å². The molecule has 0 aliphatic carbocycles. The van der Waals surface area contributed by atoms with Crippen molar-refractivity contribution in [3.8, 4) is 0 Å². The smallest absolute Gasteiger partial charge is 0.561 e. The summed E-state index contributed by atoms with van der Waals surface area (Å²) in [6, 6.07) is 0. The summed E-state index contributed by atoms with van der Waals surface area (Å²) in [5, 5.41) is 6.78. The molecule has 0 spiro atoms. The normalized spacial score (nSPS) is 15.8. The molecule has 1 rings (SSSR count). The first-order valence-corrected chi connectivity index (χ1v) is 1.99. The first kappa shape index (κ1) is 7.87. The average molecular weight is 226 g/mol. The molecule has 46 valence electrons. The van der Waals surface area contributed by atoms with Crippen LogP contribution in [0, 0.1) is 0 Å². The van der Waals surface area contributed by atoms with E-state index in [1.165, 1.54) is 5.01 Å². The van der Waals surface area contributed by atoms with Crippen LogP contribution in [0.15, 0.2) is 5.10 Å². The molecule has 5 heteroatoms. The van der Waals surface area contributed by atoms with Crippen molar-refractivity contribution in [1.29, 1.82) is 0 Å². The predicted molar refractivity (Wildman–Crippen MR) is 26.1 cm³/mol. The lowest BCUT2D eigenvalue weighted by Gasteiger charge is -1.96. The summed E-state index contributed by atoms with van der Waals surface area (Å²) in [5.41, 5.74) is 0. The van der Waals surface area contributed by atoms with Crippen LogP contribution in [0.5, 0.6) is 0 Å². The Morgan fingerprint density at radius 3 is 2.50 bits per heavy atom. The van der Waals surface area contributed by atoms with E-state index in [1.54, 1.807) is 5.01 Å². The second-order valence-electron chi connectivity index (χ2n) is 1.47. The van der Waals surface area contributed by atoms with Gasteiger partial charge in [0.2, 0.25) is 0 Å². The minimum Gasteiger partial charge on any atom is -1.00 e. The van der Waals surface area contributed by atoms with Crippen LogP contribution >= 0.6 is 0 Å².